The van der Waals surface area contributed by atoms with Crippen LogP contribution in [0, 0.1) is 23.4 Å². The quantitative estimate of drug-likeness (QED) is 0.446. The van der Waals surface area contributed by atoms with E-state index in [1.807, 2.05) is 7.05 Å². The van der Waals surface area contributed by atoms with E-state index in [-0.39, 0.29) is 22.5 Å². The number of carbonyl (C=O) groups excluding carboxylic acids is 1. The summed E-state index contributed by atoms with van der Waals surface area (Å²) in [6.45, 7) is 1.78. The van der Waals surface area contributed by atoms with Gasteiger partial charge in [0.1, 0.15) is 5.82 Å². The number of thiocarbonyl (C=S) groups is 1. The molecule has 1 fully saturated rings. The van der Waals surface area contributed by atoms with Crippen LogP contribution in [0.1, 0.15) is 23.2 Å². The SMILES string of the molecule is CN1CCC(C(=O)c2cccc(NC(=S)Nc3cc(F)c(F)cc3F)c2)CC1. The summed E-state index contributed by atoms with van der Waals surface area (Å²) < 4.78 is 40.0. The van der Waals surface area contributed by atoms with Crippen LogP contribution in [0.2, 0.25) is 0 Å². The molecule has 4 nitrogen and oxygen atoms in total. The number of hydrogen-bond donors (Lipinski definition) is 2. The molecule has 1 heterocycles. The number of nitrogens with zero attached hydrogens (tertiary/aromatic N) is 1. The molecule has 8 heteroatoms. The van der Waals surface area contributed by atoms with Gasteiger partial charge in [-0.2, -0.15) is 0 Å². The van der Waals surface area contributed by atoms with Crippen molar-refractivity contribution in [3.63, 3.8) is 0 Å². The molecule has 148 valence electrons. The first-order valence-corrected chi connectivity index (χ1v) is 9.29. The van der Waals surface area contributed by atoms with Gasteiger partial charge in [-0.1, -0.05) is 12.1 Å². The minimum Gasteiger partial charge on any atom is -0.332 e. The Hall–Kier alpha value is -2.45. The Labute approximate surface area is 166 Å². The number of ketones is 1. The fourth-order valence-electron chi connectivity index (χ4n) is 3.16. The molecule has 0 bridgehead atoms. The lowest BCUT2D eigenvalue weighted by molar-refractivity contribution is 0.0857. The first kappa shape index (κ1) is 20.3. The van der Waals surface area contributed by atoms with Crippen molar-refractivity contribution in [2.24, 2.45) is 5.92 Å². The van der Waals surface area contributed by atoms with E-state index in [0.29, 0.717) is 23.4 Å². The molecule has 2 N–H and O–H groups in total. The lowest BCUT2D eigenvalue weighted by Crippen LogP contribution is -2.33. The Morgan fingerprint density at radius 2 is 1.71 bits per heavy atom. The van der Waals surface area contributed by atoms with Gasteiger partial charge in [0.2, 0.25) is 0 Å². The molecule has 0 radical (unpaired) electrons. The summed E-state index contributed by atoms with van der Waals surface area (Å²) >= 11 is 5.11. The largest absolute Gasteiger partial charge is 0.332 e. The number of hydrogen-bond acceptors (Lipinski definition) is 3. The van der Waals surface area contributed by atoms with Crippen LogP contribution >= 0.6 is 12.2 Å². The molecule has 0 saturated carbocycles. The highest BCUT2D eigenvalue weighted by Crippen LogP contribution is 2.23. The van der Waals surface area contributed by atoms with Crippen molar-refractivity contribution >= 4 is 34.5 Å². The predicted octanol–water partition coefficient (Wildman–Crippen LogP) is 4.44. The van der Waals surface area contributed by atoms with E-state index >= 15 is 0 Å². The van der Waals surface area contributed by atoms with Crippen molar-refractivity contribution in [3.05, 3.63) is 59.4 Å². The maximum Gasteiger partial charge on any atom is 0.175 e. The lowest BCUT2D eigenvalue weighted by atomic mass is 9.89. The lowest BCUT2D eigenvalue weighted by Gasteiger charge is -2.28. The third-order valence-corrected chi connectivity index (χ3v) is 4.96. The topological polar surface area (TPSA) is 44.4 Å². The normalized spacial score (nSPS) is 15.3. The highest BCUT2D eigenvalue weighted by atomic mass is 32.1. The Balaban J connectivity index is 1.66. The molecule has 1 saturated heterocycles. The van der Waals surface area contributed by atoms with Crippen LogP contribution in [0.25, 0.3) is 0 Å². The van der Waals surface area contributed by atoms with Crippen molar-refractivity contribution in [3.8, 4) is 0 Å². The molecule has 0 amide bonds. The Bertz CT molecular complexity index is 898. The van der Waals surface area contributed by atoms with Crippen LogP contribution in [-0.4, -0.2) is 35.9 Å². The number of nitrogens with one attached hydrogen (secondary N) is 2. The van der Waals surface area contributed by atoms with Crippen LogP contribution in [-0.2, 0) is 0 Å². The van der Waals surface area contributed by atoms with E-state index < -0.39 is 17.5 Å². The maximum absolute atomic E-state index is 13.7. The maximum atomic E-state index is 13.7. The van der Waals surface area contributed by atoms with Gasteiger partial charge in [-0.15, -0.1) is 0 Å². The molecule has 0 unspecified atom stereocenters. The molecule has 3 rings (SSSR count). The first-order chi connectivity index (χ1) is 13.3. The summed E-state index contributed by atoms with van der Waals surface area (Å²) in [6.07, 6.45) is 1.64. The summed E-state index contributed by atoms with van der Waals surface area (Å²) in [5.41, 5.74) is 0.829. The highest BCUT2D eigenvalue weighted by Gasteiger charge is 2.24. The van der Waals surface area contributed by atoms with E-state index in [1.165, 1.54) is 0 Å². The third kappa shape index (κ3) is 4.88. The van der Waals surface area contributed by atoms with E-state index in [4.69, 9.17) is 12.2 Å². The van der Waals surface area contributed by atoms with Crippen molar-refractivity contribution in [2.75, 3.05) is 30.8 Å². The van der Waals surface area contributed by atoms with Crippen LogP contribution in [0.5, 0.6) is 0 Å². The molecule has 0 atom stereocenters. The number of anilines is 2. The number of Topliss-reactive ketones (excluding diaryl/α,β-unsaturated/α-hetero) is 1. The summed E-state index contributed by atoms with van der Waals surface area (Å²) in [7, 11) is 2.04. The van der Waals surface area contributed by atoms with Crippen molar-refractivity contribution in [2.45, 2.75) is 12.8 Å². The second kappa shape index (κ2) is 8.70. The number of carbonyl (C=O) groups is 1. The zero-order chi connectivity index (χ0) is 20.3. The van der Waals surface area contributed by atoms with Crippen molar-refractivity contribution in [1.29, 1.82) is 0 Å². The summed E-state index contributed by atoms with van der Waals surface area (Å²) in [5, 5.41) is 5.32. The van der Waals surface area contributed by atoms with E-state index in [2.05, 4.69) is 15.5 Å². The van der Waals surface area contributed by atoms with Crippen molar-refractivity contribution < 1.29 is 18.0 Å². The monoisotopic (exact) mass is 407 g/mol. The minimum absolute atomic E-state index is 0.00574. The Morgan fingerprint density at radius 1 is 1.04 bits per heavy atom. The predicted molar refractivity (Wildman–Crippen MR) is 107 cm³/mol. The van der Waals surface area contributed by atoms with Gasteiger partial charge in [0, 0.05) is 29.3 Å². The second-order valence-electron chi connectivity index (χ2n) is 6.85. The van der Waals surface area contributed by atoms with Gasteiger partial charge in [0.25, 0.3) is 0 Å². The van der Waals surface area contributed by atoms with E-state index in [1.54, 1.807) is 24.3 Å². The van der Waals surface area contributed by atoms with Crippen LogP contribution in [0.4, 0.5) is 24.5 Å². The van der Waals surface area contributed by atoms with E-state index in [0.717, 1.165) is 25.9 Å². The van der Waals surface area contributed by atoms with Gasteiger partial charge in [0.05, 0.1) is 5.69 Å². The molecule has 2 aromatic carbocycles. The van der Waals surface area contributed by atoms with Gasteiger partial charge >= 0.3 is 0 Å². The molecular formula is C20H20F3N3OS. The number of halogens is 3. The summed E-state index contributed by atoms with van der Waals surface area (Å²) in [4.78, 5) is 14.9. The Kier molecular flexibility index (Phi) is 6.31. The van der Waals surface area contributed by atoms with Gasteiger partial charge < -0.3 is 15.5 Å². The molecule has 0 aliphatic carbocycles. The molecule has 2 aromatic rings. The standard InChI is InChI=1S/C20H20F3N3OS/c1-26-7-5-12(6-8-26)19(27)13-3-2-4-14(9-13)24-20(28)25-18-11-16(22)15(21)10-17(18)23/h2-4,9-12H,5-8H2,1H3,(H2,24,25,28). The number of rotatable bonds is 4. The average molecular weight is 407 g/mol. The minimum atomic E-state index is -1.28. The zero-order valence-corrected chi connectivity index (χ0v) is 16.1. The first-order valence-electron chi connectivity index (χ1n) is 8.89. The molecule has 0 spiro atoms. The van der Waals surface area contributed by atoms with Crippen LogP contribution in [0.15, 0.2) is 36.4 Å². The number of piperidine rings is 1. The third-order valence-electron chi connectivity index (χ3n) is 4.75. The molecule has 28 heavy (non-hydrogen) atoms. The second-order valence-corrected chi connectivity index (χ2v) is 7.26. The van der Waals surface area contributed by atoms with E-state index in [9.17, 15) is 18.0 Å². The average Bonchev–Trinajstić information content (AvgIpc) is 2.66. The van der Waals surface area contributed by atoms with Crippen LogP contribution < -0.4 is 10.6 Å². The van der Waals surface area contributed by atoms with Gasteiger partial charge in [-0.3, -0.25) is 4.79 Å². The summed E-state index contributed by atoms with van der Waals surface area (Å²) in [6, 6.07) is 8.00. The summed E-state index contributed by atoms with van der Waals surface area (Å²) in [5.74, 6) is -3.34. The molecule has 0 aromatic heterocycles. The molecule has 1 aliphatic rings. The van der Waals surface area contributed by atoms with Crippen molar-refractivity contribution in [1.82, 2.24) is 4.90 Å². The molecular weight excluding hydrogens is 387 g/mol. The zero-order valence-electron chi connectivity index (χ0n) is 15.3. The van der Waals surface area contributed by atoms with Crippen LogP contribution in [0.3, 0.4) is 0 Å². The van der Waals surface area contributed by atoms with Gasteiger partial charge in [0.15, 0.2) is 22.5 Å². The van der Waals surface area contributed by atoms with Gasteiger partial charge in [-0.05, 0) is 57.3 Å². The number of likely N-dealkylation sites (tertiary alicyclic amines) is 1. The fraction of sp³-hybridized carbons (Fsp3) is 0.300. The fourth-order valence-corrected chi connectivity index (χ4v) is 3.39. The molecule has 1 aliphatic heterocycles. The highest BCUT2D eigenvalue weighted by molar-refractivity contribution is 7.80. The van der Waals surface area contributed by atoms with Gasteiger partial charge in [-0.25, -0.2) is 13.2 Å². The number of benzene rings is 2. The smallest absolute Gasteiger partial charge is 0.175 e. The Morgan fingerprint density at radius 3 is 2.43 bits per heavy atom.